The van der Waals surface area contributed by atoms with E-state index >= 15 is 0 Å². The highest BCUT2D eigenvalue weighted by Crippen LogP contribution is 2.15. The number of piperidine rings is 1. The number of rotatable bonds is 7. The molecule has 1 aliphatic rings. The van der Waals surface area contributed by atoms with Gasteiger partial charge >= 0.3 is 0 Å². The predicted octanol–water partition coefficient (Wildman–Crippen LogP) is 1.53. The Morgan fingerprint density at radius 1 is 1.47 bits per heavy atom. The van der Waals surface area contributed by atoms with Gasteiger partial charge in [0.05, 0.1) is 12.3 Å². The maximum Gasteiger partial charge on any atom is 0.0541 e. The van der Waals surface area contributed by atoms with Crippen molar-refractivity contribution in [2.24, 2.45) is 5.92 Å². The van der Waals surface area contributed by atoms with Crippen LogP contribution in [0.15, 0.2) is 24.4 Å². The summed E-state index contributed by atoms with van der Waals surface area (Å²) < 4.78 is 5.26. The Morgan fingerprint density at radius 3 is 3.21 bits per heavy atom. The van der Waals surface area contributed by atoms with Gasteiger partial charge < -0.3 is 15.0 Å². The molecule has 0 amide bonds. The molecular formula is C15H25N3O. The number of pyridine rings is 1. The van der Waals surface area contributed by atoms with Gasteiger partial charge in [0.15, 0.2) is 0 Å². The topological polar surface area (TPSA) is 37.4 Å². The van der Waals surface area contributed by atoms with Crippen LogP contribution in [-0.4, -0.2) is 49.8 Å². The summed E-state index contributed by atoms with van der Waals surface area (Å²) in [7, 11) is 1.80. The number of likely N-dealkylation sites (tertiary alicyclic amines) is 1. The van der Waals surface area contributed by atoms with Crippen molar-refractivity contribution >= 4 is 0 Å². The molecule has 1 aliphatic heterocycles. The third-order valence-electron chi connectivity index (χ3n) is 3.64. The minimum atomic E-state index is 0.717. The second kappa shape index (κ2) is 8.25. The maximum absolute atomic E-state index is 5.26. The van der Waals surface area contributed by atoms with E-state index in [2.05, 4.69) is 21.3 Å². The fourth-order valence-corrected chi connectivity index (χ4v) is 2.68. The first-order valence-corrected chi connectivity index (χ1v) is 7.20. The molecule has 19 heavy (non-hydrogen) atoms. The summed E-state index contributed by atoms with van der Waals surface area (Å²) in [6.07, 6.45) is 4.46. The van der Waals surface area contributed by atoms with Gasteiger partial charge in [-0.05, 0) is 37.4 Å². The first-order chi connectivity index (χ1) is 9.38. The lowest BCUT2D eigenvalue weighted by Gasteiger charge is -2.32. The normalized spacial score (nSPS) is 20.6. The van der Waals surface area contributed by atoms with Crippen LogP contribution >= 0.6 is 0 Å². The molecule has 0 saturated carbocycles. The summed E-state index contributed by atoms with van der Waals surface area (Å²) in [6.45, 7) is 6.31. The molecule has 1 aromatic heterocycles. The minimum absolute atomic E-state index is 0.717. The lowest BCUT2D eigenvalue weighted by atomic mass is 9.99. The second-order valence-electron chi connectivity index (χ2n) is 5.26. The van der Waals surface area contributed by atoms with Crippen molar-refractivity contribution in [1.29, 1.82) is 0 Å². The van der Waals surface area contributed by atoms with Crippen molar-refractivity contribution in [3.8, 4) is 0 Å². The van der Waals surface area contributed by atoms with Gasteiger partial charge in [-0.1, -0.05) is 6.07 Å². The Hall–Kier alpha value is -0.970. The maximum atomic E-state index is 5.26. The Balaban J connectivity index is 1.60. The molecule has 1 N–H and O–H groups in total. The van der Waals surface area contributed by atoms with Gasteiger partial charge in [-0.2, -0.15) is 0 Å². The lowest BCUT2D eigenvalue weighted by molar-refractivity contribution is 0.0910. The van der Waals surface area contributed by atoms with Crippen molar-refractivity contribution in [1.82, 2.24) is 15.2 Å². The molecule has 2 rings (SSSR count). The summed E-state index contributed by atoms with van der Waals surface area (Å²) in [5.41, 5.74) is 1.11. The Labute approximate surface area is 116 Å². The molecule has 0 aromatic carbocycles. The zero-order valence-electron chi connectivity index (χ0n) is 11.8. The third-order valence-corrected chi connectivity index (χ3v) is 3.64. The molecule has 106 valence electrons. The molecule has 1 fully saturated rings. The van der Waals surface area contributed by atoms with E-state index in [4.69, 9.17) is 4.74 Å². The minimum Gasteiger partial charge on any atom is -0.384 e. The van der Waals surface area contributed by atoms with Gasteiger partial charge in [-0.25, -0.2) is 0 Å². The number of ether oxygens (including phenoxy) is 1. The van der Waals surface area contributed by atoms with Crippen molar-refractivity contribution in [2.45, 2.75) is 19.4 Å². The second-order valence-corrected chi connectivity index (χ2v) is 5.26. The van der Waals surface area contributed by atoms with Crippen LogP contribution in [0.5, 0.6) is 0 Å². The third kappa shape index (κ3) is 5.27. The highest BCUT2D eigenvalue weighted by atomic mass is 16.5. The average Bonchev–Trinajstić information content (AvgIpc) is 2.46. The highest BCUT2D eigenvalue weighted by Gasteiger charge is 2.18. The van der Waals surface area contributed by atoms with Gasteiger partial charge in [0.25, 0.3) is 0 Å². The SMILES string of the molecule is COCC1CCCN(CCNCc2ccccn2)C1. The van der Waals surface area contributed by atoms with Crippen LogP contribution in [0.4, 0.5) is 0 Å². The Bertz CT molecular complexity index is 343. The summed E-state index contributed by atoms with van der Waals surface area (Å²) in [5.74, 6) is 0.717. The monoisotopic (exact) mass is 263 g/mol. The number of nitrogens with one attached hydrogen (secondary N) is 1. The van der Waals surface area contributed by atoms with E-state index in [0.717, 1.165) is 37.9 Å². The van der Waals surface area contributed by atoms with Gasteiger partial charge in [0.2, 0.25) is 0 Å². The van der Waals surface area contributed by atoms with Crippen LogP contribution in [0.1, 0.15) is 18.5 Å². The van der Waals surface area contributed by atoms with E-state index in [-0.39, 0.29) is 0 Å². The Morgan fingerprint density at radius 2 is 2.42 bits per heavy atom. The van der Waals surface area contributed by atoms with Crippen molar-refractivity contribution in [2.75, 3.05) is 39.9 Å². The molecular weight excluding hydrogens is 238 g/mol. The van der Waals surface area contributed by atoms with Crippen molar-refractivity contribution < 1.29 is 4.74 Å². The fourth-order valence-electron chi connectivity index (χ4n) is 2.68. The average molecular weight is 263 g/mol. The number of hydrogen-bond acceptors (Lipinski definition) is 4. The van der Waals surface area contributed by atoms with E-state index in [9.17, 15) is 0 Å². The highest BCUT2D eigenvalue weighted by molar-refractivity contribution is 5.02. The van der Waals surface area contributed by atoms with Crippen molar-refractivity contribution in [3.63, 3.8) is 0 Å². The van der Waals surface area contributed by atoms with E-state index in [1.165, 1.54) is 25.9 Å². The molecule has 1 aromatic rings. The zero-order chi connectivity index (χ0) is 13.3. The quantitative estimate of drug-likeness (QED) is 0.757. The Kier molecular flexibility index (Phi) is 6.27. The standard InChI is InChI=1S/C15H25N3O/c1-19-13-14-5-4-9-18(12-14)10-8-16-11-15-6-2-3-7-17-15/h2-3,6-7,14,16H,4-5,8-13H2,1H3. The number of hydrogen-bond donors (Lipinski definition) is 1. The lowest BCUT2D eigenvalue weighted by Crippen LogP contribution is -2.40. The summed E-state index contributed by atoms with van der Waals surface area (Å²) in [5, 5.41) is 3.46. The molecule has 0 bridgehead atoms. The van der Waals surface area contributed by atoms with Crippen molar-refractivity contribution in [3.05, 3.63) is 30.1 Å². The van der Waals surface area contributed by atoms with Crippen LogP contribution in [0.25, 0.3) is 0 Å². The van der Waals surface area contributed by atoms with E-state index in [1.54, 1.807) is 7.11 Å². The van der Waals surface area contributed by atoms with Crippen LogP contribution in [-0.2, 0) is 11.3 Å². The molecule has 1 atom stereocenters. The molecule has 0 aliphatic carbocycles. The molecule has 2 heterocycles. The van der Waals surface area contributed by atoms with E-state index in [0.29, 0.717) is 0 Å². The fraction of sp³-hybridized carbons (Fsp3) is 0.667. The first-order valence-electron chi connectivity index (χ1n) is 7.20. The zero-order valence-corrected chi connectivity index (χ0v) is 11.8. The molecule has 4 heteroatoms. The predicted molar refractivity (Wildman–Crippen MR) is 77.0 cm³/mol. The molecule has 0 radical (unpaired) electrons. The van der Waals surface area contributed by atoms with Gasteiger partial charge in [-0.15, -0.1) is 0 Å². The number of methoxy groups -OCH3 is 1. The van der Waals surface area contributed by atoms with E-state index < -0.39 is 0 Å². The largest absolute Gasteiger partial charge is 0.384 e. The van der Waals surface area contributed by atoms with Crippen LogP contribution in [0.3, 0.4) is 0 Å². The molecule has 1 unspecified atom stereocenters. The number of nitrogens with zero attached hydrogens (tertiary/aromatic N) is 2. The number of aromatic nitrogens is 1. The summed E-state index contributed by atoms with van der Waals surface area (Å²) in [6, 6.07) is 6.04. The van der Waals surface area contributed by atoms with Gasteiger partial charge in [-0.3, -0.25) is 4.98 Å². The van der Waals surface area contributed by atoms with Gasteiger partial charge in [0.1, 0.15) is 0 Å². The van der Waals surface area contributed by atoms with E-state index in [1.807, 2.05) is 18.3 Å². The van der Waals surface area contributed by atoms with Gasteiger partial charge in [0, 0.05) is 39.5 Å². The molecule has 1 saturated heterocycles. The molecule has 4 nitrogen and oxygen atoms in total. The van der Waals surface area contributed by atoms with Crippen LogP contribution < -0.4 is 5.32 Å². The molecule has 0 spiro atoms. The first kappa shape index (κ1) is 14.4. The summed E-state index contributed by atoms with van der Waals surface area (Å²) >= 11 is 0. The van der Waals surface area contributed by atoms with Crippen LogP contribution in [0.2, 0.25) is 0 Å². The summed E-state index contributed by atoms with van der Waals surface area (Å²) in [4.78, 5) is 6.85. The smallest absolute Gasteiger partial charge is 0.0541 e. The van der Waals surface area contributed by atoms with Crippen LogP contribution in [0, 0.1) is 5.92 Å².